The zero-order chi connectivity index (χ0) is 18.0. The van der Waals surface area contributed by atoms with Gasteiger partial charge in [-0.2, -0.15) is 5.10 Å². The van der Waals surface area contributed by atoms with Crippen molar-refractivity contribution < 1.29 is 6.17 Å². The highest BCUT2D eigenvalue weighted by molar-refractivity contribution is 6.02. The Morgan fingerprint density at radius 2 is 2.05 bits per heavy atom. The van der Waals surface area contributed by atoms with Crippen molar-refractivity contribution in [2.45, 2.75) is 53.9 Å². The number of aromatic nitrogens is 2. The fourth-order valence-corrected chi connectivity index (χ4v) is 3.83. The molecule has 0 N–H and O–H groups in total. The average Bonchev–Trinajstić information content (AvgIpc) is 3.04. The van der Waals surface area contributed by atoms with Crippen molar-refractivity contribution in [2.75, 3.05) is 0 Å². The van der Waals surface area contributed by atoms with E-state index in [0.29, 0.717) is 0 Å². The number of hydrogen-bond acceptors (Lipinski definition) is 2. The molecule has 1 heterocycles. The van der Waals surface area contributed by atoms with Crippen molar-refractivity contribution in [3.05, 3.63) is 40.6 Å². The zero-order valence-electron chi connectivity index (χ0n) is 15.7. The van der Waals surface area contributed by atoms with Gasteiger partial charge < -0.3 is 4.79 Å². The van der Waals surface area contributed by atoms with E-state index in [1.807, 2.05) is 51.7 Å². The van der Waals surface area contributed by atoms with Crippen molar-refractivity contribution >= 4 is 5.78 Å². The Hall–Kier alpha value is -1.89. The van der Waals surface area contributed by atoms with E-state index in [0.717, 1.165) is 12.1 Å². The third kappa shape index (κ3) is 2.20. The minimum atomic E-state index is -0.504. The van der Waals surface area contributed by atoms with Gasteiger partial charge in [0.25, 0.3) is 0 Å². The van der Waals surface area contributed by atoms with E-state index in [1.54, 1.807) is 0 Å². The first-order chi connectivity index (χ1) is 10.8. The number of nitrogens with zero attached hydrogens (tertiary/aromatic N) is 3. The number of Topliss-reactive ketones (excluding diaryl/α,β-unsaturated/α-hetero) is 1. The normalized spacial score (nSPS) is 27.7. The van der Waals surface area contributed by atoms with Gasteiger partial charge in [-0.25, -0.2) is 4.85 Å². The Balaban J connectivity index is 0.000000615. The lowest BCUT2D eigenvalue weighted by atomic mass is 9.59. The molecule has 0 aliphatic heterocycles. The van der Waals surface area contributed by atoms with E-state index in [-0.39, 0.29) is 22.8 Å². The molecule has 3 rings (SSSR count). The highest BCUT2D eigenvalue weighted by Gasteiger charge is 2.56. The van der Waals surface area contributed by atoms with Crippen LogP contribution in [-0.4, -0.2) is 15.6 Å². The molecule has 22 heavy (non-hydrogen) atoms. The van der Waals surface area contributed by atoms with E-state index in [9.17, 15) is 4.79 Å². The van der Waals surface area contributed by atoms with E-state index in [1.165, 1.54) is 13.0 Å². The molecule has 0 aromatic carbocycles. The van der Waals surface area contributed by atoms with Crippen molar-refractivity contribution in [2.24, 2.45) is 18.4 Å². The van der Waals surface area contributed by atoms with Gasteiger partial charge in [0.1, 0.15) is 0 Å². The quantitative estimate of drug-likeness (QED) is 0.681. The average molecular weight is 303 g/mol. The summed E-state index contributed by atoms with van der Waals surface area (Å²) in [7, 11) is 3.16. The molecule has 4 nitrogen and oxygen atoms in total. The maximum Gasteiger partial charge on any atom is 0.226 e. The Kier molecular flexibility index (Phi) is 4.28. The van der Waals surface area contributed by atoms with Gasteiger partial charge in [0, 0.05) is 25.4 Å². The van der Waals surface area contributed by atoms with Gasteiger partial charge >= 0.3 is 0 Å². The Bertz CT molecular complexity index is 666. The number of hydrogen-bond donors (Lipinski definition) is 0. The maximum absolute atomic E-state index is 12.4. The number of aryl methyl sites for hydroxylation is 1. The summed E-state index contributed by atoms with van der Waals surface area (Å²) < 4.78 is 7.57. The number of fused-ring (bicyclic) bond motifs is 3. The van der Waals surface area contributed by atoms with Crippen LogP contribution in [0.2, 0.25) is 0 Å². The molecule has 0 unspecified atom stereocenters. The molecule has 0 bridgehead atoms. The largest absolute Gasteiger partial charge is 0.307 e. The molecular weight excluding hydrogens is 274 g/mol. The third-order valence-electron chi connectivity index (χ3n) is 4.81. The molecule has 2 aliphatic carbocycles. The van der Waals surface area contributed by atoms with Crippen LogP contribution in [-0.2, 0) is 23.7 Å². The maximum atomic E-state index is 12.4. The van der Waals surface area contributed by atoms with Crippen LogP contribution in [0.4, 0.5) is 0 Å². The SMILES string of the molecule is CC.[3H]C.[C-]#[N+]C1=C[C@]2(C)c3nn(C)cc3C[C@@H]2C(C)(C)C1=O. The minimum Gasteiger partial charge on any atom is -0.307 e. The molecule has 0 amide bonds. The number of carbonyl (C=O) groups excluding carboxylic acids is 1. The molecule has 120 valence electrons. The van der Waals surface area contributed by atoms with Gasteiger partial charge in [-0.3, -0.25) is 4.68 Å². The second-order valence-electron chi connectivity index (χ2n) is 6.41. The molecule has 4 heteroatoms. The van der Waals surface area contributed by atoms with E-state index in [2.05, 4.69) is 16.9 Å². The van der Waals surface area contributed by atoms with Crippen LogP contribution in [0, 0.1) is 17.9 Å². The number of allylic oxidation sites excluding steroid dienone is 2. The lowest BCUT2D eigenvalue weighted by molar-refractivity contribution is -0.127. The summed E-state index contributed by atoms with van der Waals surface area (Å²) in [6.07, 6.45) is 4.74. The summed E-state index contributed by atoms with van der Waals surface area (Å²) in [5, 5.41) is 4.56. The third-order valence-corrected chi connectivity index (χ3v) is 4.81. The monoisotopic (exact) mass is 303 g/mol. The Labute approximate surface area is 135 Å². The van der Waals surface area contributed by atoms with Crippen molar-refractivity contribution in [3.8, 4) is 0 Å². The summed E-state index contributed by atoms with van der Waals surface area (Å²) in [6.45, 7) is 17.3. The molecule has 1 aromatic rings. The summed E-state index contributed by atoms with van der Waals surface area (Å²) in [4.78, 5) is 15.8. The van der Waals surface area contributed by atoms with E-state index >= 15 is 0 Å². The van der Waals surface area contributed by atoms with Crippen LogP contribution in [0.15, 0.2) is 18.0 Å². The second kappa shape index (κ2) is 5.72. The van der Waals surface area contributed by atoms with Gasteiger partial charge in [-0.15, -0.1) is 0 Å². The van der Waals surface area contributed by atoms with Crippen LogP contribution in [0.5, 0.6) is 0 Å². The standard InChI is InChI=1S/C15H17N3O.C2H6.CH4/c1-14(2)11-6-9-8-18(5)17-12(9)15(11,3)7-10(16-4)13(14)19;1-2;/h7-8,11H,6H2,1-3,5H3;1-2H3;1H4/t11-,15+;;/m1../s1/i;;1T. The summed E-state index contributed by atoms with van der Waals surface area (Å²) in [5.74, 6) is 0.163. The van der Waals surface area contributed by atoms with Crippen molar-refractivity contribution in [3.63, 3.8) is 0 Å². The fraction of sp³-hybridized carbons (Fsp3) is 0.611. The number of rotatable bonds is 0. The van der Waals surface area contributed by atoms with Crippen LogP contribution in [0.25, 0.3) is 4.85 Å². The fourth-order valence-electron chi connectivity index (χ4n) is 3.83. The van der Waals surface area contributed by atoms with Gasteiger partial charge in [0.15, 0.2) is 5.78 Å². The first kappa shape index (κ1) is 16.5. The zero-order valence-corrected chi connectivity index (χ0v) is 14.7. The molecular formula is C18H27N3O. The van der Waals surface area contributed by atoms with E-state index < -0.39 is 5.41 Å². The molecule has 2 aliphatic rings. The molecule has 0 saturated heterocycles. The molecule has 0 fully saturated rings. The first-order valence-electron chi connectivity index (χ1n) is 8.49. The lowest BCUT2D eigenvalue weighted by Gasteiger charge is -2.43. The Morgan fingerprint density at radius 1 is 1.45 bits per heavy atom. The topological polar surface area (TPSA) is 39.2 Å². The van der Waals surface area contributed by atoms with Gasteiger partial charge in [0.05, 0.1) is 12.3 Å². The van der Waals surface area contributed by atoms with Crippen molar-refractivity contribution in [1.29, 1.82) is 0 Å². The predicted molar refractivity (Wildman–Crippen MR) is 89.3 cm³/mol. The lowest BCUT2D eigenvalue weighted by Crippen LogP contribution is -2.47. The molecule has 1 aromatic heterocycles. The highest BCUT2D eigenvalue weighted by Crippen LogP contribution is 2.55. The predicted octanol–water partition coefficient (Wildman–Crippen LogP) is 3.92. The van der Waals surface area contributed by atoms with Crippen molar-refractivity contribution in [1.82, 2.24) is 9.78 Å². The number of carbonyl (C=O) groups is 1. The van der Waals surface area contributed by atoms with Gasteiger partial charge in [-0.1, -0.05) is 48.1 Å². The Morgan fingerprint density at radius 3 is 2.59 bits per heavy atom. The summed E-state index contributed by atoms with van der Waals surface area (Å²) in [5.41, 5.74) is 1.70. The van der Waals surface area contributed by atoms with Gasteiger partial charge in [0.2, 0.25) is 5.70 Å². The summed E-state index contributed by atoms with van der Waals surface area (Å²) in [6, 6.07) is 0. The first-order valence-corrected chi connectivity index (χ1v) is 7.49. The van der Waals surface area contributed by atoms with E-state index in [4.69, 9.17) is 7.94 Å². The minimum absolute atomic E-state index is 0.0282. The van der Waals surface area contributed by atoms with Crippen LogP contribution in [0.1, 0.15) is 54.6 Å². The highest BCUT2D eigenvalue weighted by atomic mass is 16.1. The van der Waals surface area contributed by atoms with Crippen LogP contribution in [0.3, 0.4) is 0 Å². The molecule has 0 radical (unpaired) electrons. The molecule has 0 saturated carbocycles. The number of ketones is 1. The van der Waals surface area contributed by atoms with Gasteiger partial charge in [-0.05, 0) is 17.9 Å². The summed E-state index contributed by atoms with van der Waals surface area (Å²) >= 11 is 0. The smallest absolute Gasteiger partial charge is 0.226 e. The second-order valence-corrected chi connectivity index (χ2v) is 6.41. The van der Waals surface area contributed by atoms with Crippen LogP contribution >= 0.6 is 0 Å². The molecule has 0 spiro atoms. The van der Waals surface area contributed by atoms with Crippen LogP contribution < -0.4 is 0 Å². The molecule has 2 atom stereocenters.